The Morgan fingerprint density at radius 3 is 2.85 bits per heavy atom. The van der Waals surface area contributed by atoms with Gasteiger partial charge in [0.2, 0.25) is 5.82 Å². The lowest BCUT2D eigenvalue weighted by molar-refractivity contribution is 0.293. The van der Waals surface area contributed by atoms with Crippen molar-refractivity contribution in [1.29, 1.82) is 0 Å². The van der Waals surface area contributed by atoms with Crippen molar-refractivity contribution >= 4 is 27.3 Å². The van der Waals surface area contributed by atoms with E-state index in [9.17, 15) is 8.78 Å². The molecule has 0 radical (unpaired) electrons. The van der Waals surface area contributed by atoms with Crippen molar-refractivity contribution in [2.75, 3.05) is 19.7 Å². The highest BCUT2D eigenvalue weighted by atomic mass is 79.9. The lowest BCUT2D eigenvalue weighted by atomic mass is 10.2. The highest BCUT2D eigenvalue weighted by molar-refractivity contribution is 9.10. The molecule has 108 valence electrons. The number of ether oxygens (including phenoxy) is 1. The summed E-state index contributed by atoms with van der Waals surface area (Å²) in [4.78, 5) is 0. The van der Waals surface area contributed by atoms with E-state index in [2.05, 4.69) is 32.7 Å². The Bertz CT molecular complexity index is 548. The van der Waals surface area contributed by atoms with Crippen molar-refractivity contribution in [1.82, 2.24) is 5.32 Å². The van der Waals surface area contributed by atoms with Crippen molar-refractivity contribution in [2.45, 2.75) is 6.42 Å². The predicted octanol–water partition coefficient (Wildman–Crippen LogP) is 4.00. The van der Waals surface area contributed by atoms with E-state index >= 15 is 0 Å². The van der Waals surface area contributed by atoms with Gasteiger partial charge < -0.3 is 10.1 Å². The molecule has 0 bridgehead atoms. The van der Waals surface area contributed by atoms with Crippen LogP contribution in [0.5, 0.6) is 5.75 Å². The van der Waals surface area contributed by atoms with Crippen LogP contribution in [-0.2, 0) is 6.42 Å². The van der Waals surface area contributed by atoms with Crippen LogP contribution in [0.3, 0.4) is 0 Å². The van der Waals surface area contributed by atoms with E-state index in [-0.39, 0.29) is 12.4 Å². The number of hydrogen-bond acceptors (Lipinski definition) is 3. The molecule has 2 aromatic rings. The first-order valence-electron chi connectivity index (χ1n) is 6.16. The molecule has 0 fully saturated rings. The van der Waals surface area contributed by atoms with E-state index < -0.39 is 11.6 Å². The monoisotopic (exact) mass is 361 g/mol. The van der Waals surface area contributed by atoms with Crippen LogP contribution in [0.4, 0.5) is 8.78 Å². The lowest BCUT2D eigenvalue weighted by Gasteiger charge is -2.09. The number of nitrogens with one attached hydrogen (secondary N) is 1. The maximum absolute atomic E-state index is 13.4. The van der Waals surface area contributed by atoms with Crippen LogP contribution in [0.2, 0.25) is 0 Å². The second kappa shape index (κ2) is 7.71. The fraction of sp³-hybridized carbons (Fsp3) is 0.286. The van der Waals surface area contributed by atoms with Gasteiger partial charge in [0, 0.05) is 11.0 Å². The van der Waals surface area contributed by atoms with Crippen LogP contribution in [0.15, 0.2) is 33.4 Å². The van der Waals surface area contributed by atoms with Crippen molar-refractivity contribution < 1.29 is 13.5 Å². The number of rotatable bonds is 7. The zero-order chi connectivity index (χ0) is 14.4. The van der Waals surface area contributed by atoms with Gasteiger partial charge in [-0.1, -0.05) is 15.9 Å². The second-order valence-electron chi connectivity index (χ2n) is 4.18. The molecule has 20 heavy (non-hydrogen) atoms. The lowest BCUT2D eigenvalue weighted by Crippen LogP contribution is -2.23. The van der Waals surface area contributed by atoms with E-state index in [1.165, 1.54) is 11.6 Å². The van der Waals surface area contributed by atoms with Gasteiger partial charge in [0.15, 0.2) is 11.6 Å². The molecule has 2 nitrogen and oxygen atoms in total. The van der Waals surface area contributed by atoms with Crippen LogP contribution in [-0.4, -0.2) is 19.7 Å². The summed E-state index contributed by atoms with van der Waals surface area (Å²) in [7, 11) is 0. The van der Waals surface area contributed by atoms with Gasteiger partial charge in [-0.15, -0.1) is 0 Å². The van der Waals surface area contributed by atoms with Gasteiger partial charge >= 0.3 is 0 Å². The molecule has 0 aliphatic carbocycles. The van der Waals surface area contributed by atoms with Crippen molar-refractivity contribution in [3.8, 4) is 5.75 Å². The van der Waals surface area contributed by atoms with E-state index in [1.54, 1.807) is 11.3 Å². The summed E-state index contributed by atoms with van der Waals surface area (Å²) in [5.41, 5.74) is 1.29. The van der Waals surface area contributed by atoms with Gasteiger partial charge in [-0.3, -0.25) is 0 Å². The molecule has 1 aromatic carbocycles. The zero-order valence-electron chi connectivity index (χ0n) is 10.7. The summed E-state index contributed by atoms with van der Waals surface area (Å²) in [5.74, 6) is -1.94. The average molecular weight is 362 g/mol. The Balaban J connectivity index is 1.68. The summed E-state index contributed by atoms with van der Waals surface area (Å²) < 4.78 is 32.2. The summed E-state index contributed by atoms with van der Waals surface area (Å²) >= 11 is 4.78. The van der Waals surface area contributed by atoms with Crippen LogP contribution >= 0.6 is 27.3 Å². The van der Waals surface area contributed by atoms with Crippen molar-refractivity contribution in [2.24, 2.45) is 0 Å². The van der Waals surface area contributed by atoms with E-state index in [0.717, 1.165) is 19.0 Å². The first kappa shape index (κ1) is 15.4. The maximum atomic E-state index is 13.4. The van der Waals surface area contributed by atoms with Crippen LogP contribution in [0, 0.1) is 11.6 Å². The van der Waals surface area contributed by atoms with Gasteiger partial charge in [0.1, 0.15) is 6.61 Å². The molecule has 0 amide bonds. The van der Waals surface area contributed by atoms with Crippen LogP contribution < -0.4 is 10.1 Å². The number of benzene rings is 1. The number of thiophene rings is 1. The molecule has 2 rings (SSSR count). The Kier molecular flexibility index (Phi) is 5.94. The van der Waals surface area contributed by atoms with Crippen LogP contribution in [0.1, 0.15) is 5.56 Å². The molecular formula is C14H14BrF2NOS. The molecule has 0 spiro atoms. The minimum absolute atomic E-state index is 0.0727. The Morgan fingerprint density at radius 2 is 2.10 bits per heavy atom. The molecule has 1 heterocycles. The highest BCUT2D eigenvalue weighted by Crippen LogP contribution is 2.25. The molecule has 0 saturated carbocycles. The van der Waals surface area contributed by atoms with E-state index in [0.29, 0.717) is 11.0 Å². The number of halogens is 3. The Labute approximate surface area is 128 Å². The third-order valence-corrected chi connectivity index (χ3v) is 3.86. The summed E-state index contributed by atoms with van der Waals surface area (Å²) in [6.45, 7) is 1.70. The van der Waals surface area contributed by atoms with Crippen molar-refractivity contribution in [3.63, 3.8) is 0 Å². The standard InChI is InChI=1S/C14H14BrF2NOS/c15-11-7-12(16)14(17)13(8-11)19-5-4-18-3-1-10-2-6-20-9-10/h2,6-9,18H,1,3-5H2. The fourth-order valence-electron chi connectivity index (χ4n) is 1.66. The Hall–Kier alpha value is -0.980. The average Bonchev–Trinajstić information content (AvgIpc) is 2.92. The third kappa shape index (κ3) is 4.54. The first-order chi connectivity index (χ1) is 9.66. The van der Waals surface area contributed by atoms with Gasteiger partial charge in [-0.05, 0) is 47.5 Å². The van der Waals surface area contributed by atoms with E-state index in [4.69, 9.17) is 4.74 Å². The van der Waals surface area contributed by atoms with Gasteiger partial charge in [0.25, 0.3) is 0 Å². The van der Waals surface area contributed by atoms with Gasteiger partial charge in [0.05, 0.1) is 0 Å². The largest absolute Gasteiger partial charge is 0.489 e. The highest BCUT2D eigenvalue weighted by Gasteiger charge is 2.10. The SMILES string of the molecule is Fc1cc(Br)cc(OCCNCCc2ccsc2)c1F. The molecular weight excluding hydrogens is 348 g/mol. The molecule has 0 aliphatic rings. The molecule has 1 aromatic heterocycles. The smallest absolute Gasteiger partial charge is 0.200 e. The fourth-order valence-corrected chi connectivity index (χ4v) is 2.78. The first-order valence-corrected chi connectivity index (χ1v) is 7.89. The second-order valence-corrected chi connectivity index (χ2v) is 5.88. The molecule has 0 unspecified atom stereocenters. The van der Waals surface area contributed by atoms with Crippen LogP contribution in [0.25, 0.3) is 0 Å². The number of hydrogen-bond donors (Lipinski definition) is 1. The molecule has 0 saturated heterocycles. The third-order valence-electron chi connectivity index (χ3n) is 2.67. The Morgan fingerprint density at radius 1 is 1.25 bits per heavy atom. The molecule has 6 heteroatoms. The summed E-state index contributed by atoms with van der Waals surface area (Å²) in [6.07, 6.45) is 0.948. The summed E-state index contributed by atoms with van der Waals surface area (Å²) in [6, 6.07) is 4.58. The molecule has 1 N–H and O–H groups in total. The zero-order valence-corrected chi connectivity index (χ0v) is 13.1. The minimum Gasteiger partial charge on any atom is -0.489 e. The van der Waals surface area contributed by atoms with Crippen molar-refractivity contribution in [3.05, 3.63) is 50.6 Å². The molecule has 0 aliphatic heterocycles. The maximum Gasteiger partial charge on any atom is 0.200 e. The quantitative estimate of drug-likeness (QED) is 0.594. The topological polar surface area (TPSA) is 21.3 Å². The summed E-state index contributed by atoms with van der Waals surface area (Å²) in [5, 5.41) is 7.35. The van der Waals surface area contributed by atoms with Gasteiger partial charge in [-0.25, -0.2) is 4.39 Å². The normalized spacial score (nSPS) is 10.8. The van der Waals surface area contributed by atoms with Gasteiger partial charge in [-0.2, -0.15) is 15.7 Å². The van der Waals surface area contributed by atoms with E-state index in [1.807, 2.05) is 5.38 Å². The minimum atomic E-state index is -0.952. The molecule has 0 atom stereocenters. The predicted molar refractivity (Wildman–Crippen MR) is 80.4 cm³/mol.